The number of benzene rings is 1. The summed E-state index contributed by atoms with van der Waals surface area (Å²) in [5.74, 6) is 1.58. The molecule has 4 nitrogen and oxygen atoms in total. The molecule has 2 N–H and O–H groups in total. The lowest BCUT2D eigenvalue weighted by molar-refractivity contribution is 0.757. The quantitative estimate of drug-likeness (QED) is 0.851. The summed E-state index contributed by atoms with van der Waals surface area (Å²) in [5.41, 5.74) is 8.48. The zero-order chi connectivity index (χ0) is 13.8. The van der Waals surface area contributed by atoms with E-state index in [2.05, 4.69) is 17.6 Å². The van der Waals surface area contributed by atoms with Crippen LogP contribution in [0.5, 0.6) is 0 Å². The molecule has 0 atom stereocenters. The van der Waals surface area contributed by atoms with Crippen molar-refractivity contribution in [3.63, 3.8) is 0 Å². The van der Waals surface area contributed by atoms with Crippen molar-refractivity contribution < 1.29 is 0 Å². The maximum absolute atomic E-state index is 8.80. The normalized spacial score (nSPS) is 10.1. The van der Waals surface area contributed by atoms with Crippen LogP contribution in [-0.4, -0.2) is 9.55 Å². The van der Waals surface area contributed by atoms with Crippen LogP contribution in [0.15, 0.2) is 36.9 Å². The molecule has 0 saturated heterocycles. The van der Waals surface area contributed by atoms with E-state index in [0.29, 0.717) is 17.9 Å². The Morgan fingerprint density at radius 2 is 2.11 bits per heavy atom. The summed E-state index contributed by atoms with van der Waals surface area (Å²) >= 11 is 0. The molecule has 0 radical (unpaired) electrons. The zero-order valence-corrected chi connectivity index (χ0v) is 10.9. The van der Waals surface area contributed by atoms with Crippen LogP contribution in [0.1, 0.15) is 18.3 Å². The lowest BCUT2D eigenvalue weighted by atomic mass is 10.1. The fourth-order valence-corrected chi connectivity index (χ4v) is 2.03. The highest BCUT2D eigenvalue weighted by Crippen LogP contribution is 2.26. The van der Waals surface area contributed by atoms with Crippen LogP contribution in [0.4, 0.5) is 5.82 Å². The summed E-state index contributed by atoms with van der Waals surface area (Å²) in [4.78, 5) is 4.58. The molecule has 1 aromatic carbocycles. The van der Waals surface area contributed by atoms with E-state index in [1.165, 1.54) is 0 Å². The molecule has 19 heavy (non-hydrogen) atoms. The summed E-state index contributed by atoms with van der Waals surface area (Å²) in [6, 6.07) is 9.38. The van der Waals surface area contributed by atoms with Crippen LogP contribution >= 0.6 is 0 Å². The third-order valence-corrected chi connectivity index (χ3v) is 3.00. The van der Waals surface area contributed by atoms with E-state index in [9.17, 15) is 0 Å². The molecule has 0 fully saturated rings. The molecule has 0 spiro atoms. The van der Waals surface area contributed by atoms with Gasteiger partial charge >= 0.3 is 0 Å². The monoisotopic (exact) mass is 252 g/mol. The van der Waals surface area contributed by atoms with Crippen molar-refractivity contribution in [1.29, 1.82) is 5.26 Å². The first-order valence-corrected chi connectivity index (χ1v) is 6.17. The van der Waals surface area contributed by atoms with Gasteiger partial charge in [-0.05, 0) is 12.1 Å². The Balaban J connectivity index is 2.49. The number of anilines is 1. The predicted molar refractivity (Wildman–Crippen MR) is 76.4 cm³/mol. The Morgan fingerprint density at radius 3 is 2.63 bits per heavy atom. The van der Waals surface area contributed by atoms with Gasteiger partial charge < -0.3 is 10.3 Å². The second-order valence-corrected chi connectivity index (χ2v) is 4.20. The van der Waals surface area contributed by atoms with Gasteiger partial charge in [0.05, 0.1) is 11.6 Å². The Hall–Kier alpha value is -2.54. The molecule has 0 aliphatic carbocycles. The van der Waals surface area contributed by atoms with Gasteiger partial charge in [0.25, 0.3) is 0 Å². The van der Waals surface area contributed by atoms with Gasteiger partial charge in [-0.1, -0.05) is 25.1 Å². The van der Waals surface area contributed by atoms with Crippen LogP contribution < -0.4 is 5.73 Å². The SMILES string of the molecule is C=CCn1c(CC)nc(-c2ccc(C#N)cc2)c1N. The maximum atomic E-state index is 8.80. The Bertz CT molecular complexity index is 629. The van der Waals surface area contributed by atoms with E-state index in [-0.39, 0.29) is 0 Å². The Labute approximate surface area is 112 Å². The molecular weight excluding hydrogens is 236 g/mol. The first kappa shape index (κ1) is 12.9. The summed E-state index contributed by atoms with van der Waals surface area (Å²) < 4.78 is 1.96. The van der Waals surface area contributed by atoms with E-state index in [1.807, 2.05) is 23.6 Å². The fraction of sp³-hybridized carbons (Fsp3) is 0.200. The highest BCUT2D eigenvalue weighted by molar-refractivity contribution is 5.71. The summed E-state index contributed by atoms with van der Waals surface area (Å²) in [6.07, 6.45) is 2.62. The molecule has 2 aromatic rings. The molecule has 2 rings (SSSR count). The van der Waals surface area contributed by atoms with Gasteiger partial charge in [-0.3, -0.25) is 0 Å². The van der Waals surface area contributed by atoms with Gasteiger partial charge in [0, 0.05) is 18.5 Å². The molecule has 1 heterocycles. The molecule has 0 aliphatic rings. The van der Waals surface area contributed by atoms with Crippen molar-refractivity contribution in [2.75, 3.05) is 5.73 Å². The van der Waals surface area contributed by atoms with Crippen LogP contribution in [0.2, 0.25) is 0 Å². The molecule has 0 unspecified atom stereocenters. The molecular formula is C15H16N4. The number of rotatable bonds is 4. The number of imidazole rings is 1. The largest absolute Gasteiger partial charge is 0.383 e. The van der Waals surface area contributed by atoms with Crippen molar-refractivity contribution in [3.05, 3.63) is 48.3 Å². The average molecular weight is 252 g/mol. The van der Waals surface area contributed by atoms with E-state index in [0.717, 1.165) is 23.5 Å². The van der Waals surface area contributed by atoms with Crippen molar-refractivity contribution in [2.24, 2.45) is 0 Å². The summed E-state index contributed by atoms with van der Waals surface area (Å²) in [6.45, 7) is 6.43. The first-order valence-electron chi connectivity index (χ1n) is 6.17. The van der Waals surface area contributed by atoms with Crippen LogP contribution in [0.3, 0.4) is 0 Å². The summed E-state index contributed by atoms with van der Waals surface area (Å²) in [7, 11) is 0. The highest BCUT2D eigenvalue weighted by Gasteiger charge is 2.14. The van der Waals surface area contributed by atoms with E-state index < -0.39 is 0 Å². The number of nitrogens with two attached hydrogens (primary N) is 1. The number of aromatic nitrogens is 2. The number of nitrogen functional groups attached to an aromatic ring is 1. The second-order valence-electron chi connectivity index (χ2n) is 4.20. The van der Waals surface area contributed by atoms with Gasteiger partial charge in [-0.15, -0.1) is 6.58 Å². The minimum absolute atomic E-state index is 0.628. The van der Waals surface area contributed by atoms with Gasteiger partial charge in [-0.2, -0.15) is 5.26 Å². The second kappa shape index (κ2) is 5.40. The summed E-state index contributed by atoms with van der Waals surface area (Å²) in [5, 5.41) is 8.80. The van der Waals surface area contributed by atoms with Crippen molar-refractivity contribution >= 4 is 5.82 Å². The molecule has 0 saturated carbocycles. The third-order valence-electron chi connectivity index (χ3n) is 3.00. The lowest BCUT2D eigenvalue weighted by Gasteiger charge is -2.05. The molecule has 0 aliphatic heterocycles. The molecule has 1 aromatic heterocycles. The molecule has 4 heteroatoms. The zero-order valence-electron chi connectivity index (χ0n) is 10.9. The number of nitrogens with zero attached hydrogens (tertiary/aromatic N) is 3. The van der Waals surface area contributed by atoms with Gasteiger partial charge in [0.2, 0.25) is 0 Å². The number of nitriles is 1. The molecule has 0 bridgehead atoms. The fourth-order valence-electron chi connectivity index (χ4n) is 2.03. The van der Waals surface area contributed by atoms with Crippen molar-refractivity contribution in [2.45, 2.75) is 19.9 Å². The number of aryl methyl sites for hydroxylation is 1. The number of hydrogen-bond donors (Lipinski definition) is 1. The lowest BCUT2D eigenvalue weighted by Crippen LogP contribution is -2.05. The smallest absolute Gasteiger partial charge is 0.132 e. The Morgan fingerprint density at radius 1 is 1.42 bits per heavy atom. The van der Waals surface area contributed by atoms with Crippen molar-refractivity contribution in [1.82, 2.24) is 9.55 Å². The maximum Gasteiger partial charge on any atom is 0.132 e. The first-order chi connectivity index (χ1) is 9.21. The van der Waals surface area contributed by atoms with Crippen molar-refractivity contribution in [3.8, 4) is 17.3 Å². The van der Waals surface area contributed by atoms with Crippen LogP contribution in [-0.2, 0) is 13.0 Å². The van der Waals surface area contributed by atoms with Gasteiger partial charge in [-0.25, -0.2) is 4.98 Å². The van der Waals surface area contributed by atoms with E-state index in [4.69, 9.17) is 11.0 Å². The van der Waals surface area contributed by atoms with Gasteiger partial charge in [0.15, 0.2) is 0 Å². The topological polar surface area (TPSA) is 67.6 Å². The minimum Gasteiger partial charge on any atom is -0.383 e. The van der Waals surface area contributed by atoms with Crippen LogP contribution in [0, 0.1) is 11.3 Å². The minimum atomic E-state index is 0.628. The van der Waals surface area contributed by atoms with E-state index in [1.54, 1.807) is 18.2 Å². The van der Waals surface area contributed by atoms with Crippen LogP contribution in [0.25, 0.3) is 11.3 Å². The number of allylic oxidation sites excluding steroid dienone is 1. The van der Waals surface area contributed by atoms with E-state index >= 15 is 0 Å². The third kappa shape index (κ3) is 2.36. The average Bonchev–Trinajstić information content (AvgIpc) is 2.76. The standard InChI is InChI=1S/C15H16N4/c1-3-9-19-13(4-2)18-14(15(19)17)12-7-5-11(10-16)6-8-12/h3,5-8H,1,4,9,17H2,2H3. The highest BCUT2D eigenvalue weighted by atomic mass is 15.1. The van der Waals surface area contributed by atoms with Gasteiger partial charge in [0.1, 0.15) is 17.3 Å². The number of hydrogen-bond acceptors (Lipinski definition) is 3. The predicted octanol–water partition coefficient (Wildman–Crippen LogP) is 2.75. The molecule has 96 valence electrons. The Kier molecular flexibility index (Phi) is 3.67. The molecule has 0 amide bonds.